The lowest BCUT2D eigenvalue weighted by atomic mass is 9.92. The van der Waals surface area contributed by atoms with Gasteiger partial charge in [0, 0.05) is 17.6 Å². The van der Waals surface area contributed by atoms with Gasteiger partial charge in [0.1, 0.15) is 11.4 Å². The Hall–Kier alpha value is -1.07. The molecule has 18 heavy (non-hydrogen) atoms. The fourth-order valence-electron chi connectivity index (χ4n) is 2.13. The van der Waals surface area contributed by atoms with Crippen LogP contribution in [0.1, 0.15) is 17.5 Å². The van der Waals surface area contributed by atoms with Crippen molar-refractivity contribution in [2.45, 2.75) is 25.9 Å². The van der Waals surface area contributed by atoms with Crippen LogP contribution in [0.15, 0.2) is 16.6 Å². The number of carboxylic acids is 1. The number of carboxylic acid groups (broad SMARTS) is 1. The average Bonchev–Trinajstić information content (AvgIpc) is 2.22. The zero-order chi connectivity index (χ0) is 13.3. The lowest BCUT2D eigenvalue weighted by Gasteiger charge is -2.41. The van der Waals surface area contributed by atoms with Gasteiger partial charge in [-0.2, -0.15) is 0 Å². The number of halogens is 1. The van der Waals surface area contributed by atoms with Crippen molar-refractivity contribution >= 4 is 21.9 Å². The molecule has 0 bridgehead atoms. The number of nitrogens with one attached hydrogen (secondary N) is 1. The maximum atomic E-state index is 10.9. The van der Waals surface area contributed by atoms with Gasteiger partial charge in [0.25, 0.3) is 0 Å². The molecule has 0 radical (unpaired) electrons. The van der Waals surface area contributed by atoms with Crippen LogP contribution in [0.4, 0.5) is 0 Å². The van der Waals surface area contributed by atoms with Crippen LogP contribution in [0.5, 0.6) is 5.75 Å². The minimum absolute atomic E-state index is 0.0220. The normalized spacial score (nSPS) is 17.1. The first-order valence-electron chi connectivity index (χ1n) is 5.80. The third kappa shape index (κ3) is 2.67. The second-order valence-corrected chi connectivity index (χ2v) is 5.62. The quantitative estimate of drug-likeness (QED) is 0.895. The van der Waals surface area contributed by atoms with E-state index in [0.29, 0.717) is 13.1 Å². The third-order valence-electron chi connectivity index (χ3n) is 3.11. The molecule has 0 spiro atoms. The molecule has 1 aliphatic heterocycles. The van der Waals surface area contributed by atoms with Crippen molar-refractivity contribution in [1.29, 1.82) is 0 Å². The lowest BCUT2D eigenvalue weighted by molar-refractivity contribution is -0.143. The van der Waals surface area contributed by atoms with Gasteiger partial charge in [-0.1, -0.05) is 15.9 Å². The highest BCUT2D eigenvalue weighted by molar-refractivity contribution is 9.10. The molecule has 1 aliphatic rings. The minimum atomic E-state index is -0.831. The molecule has 0 amide bonds. The Labute approximate surface area is 114 Å². The molecule has 4 nitrogen and oxygen atoms in total. The van der Waals surface area contributed by atoms with Crippen molar-refractivity contribution in [2.24, 2.45) is 0 Å². The van der Waals surface area contributed by atoms with Crippen LogP contribution in [0.2, 0.25) is 0 Å². The van der Waals surface area contributed by atoms with E-state index in [-0.39, 0.29) is 6.42 Å². The van der Waals surface area contributed by atoms with Gasteiger partial charge in [-0.25, -0.2) is 0 Å². The fraction of sp³-hybridized carbons (Fsp3) is 0.462. The number of hydrogen-bond donors (Lipinski definition) is 2. The van der Waals surface area contributed by atoms with Crippen molar-refractivity contribution in [1.82, 2.24) is 5.32 Å². The summed E-state index contributed by atoms with van der Waals surface area (Å²) in [5, 5.41) is 12.0. The van der Waals surface area contributed by atoms with E-state index in [2.05, 4.69) is 21.2 Å². The van der Waals surface area contributed by atoms with Crippen molar-refractivity contribution in [3.8, 4) is 5.75 Å². The number of rotatable bonds is 4. The summed E-state index contributed by atoms with van der Waals surface area (Å²) < 4.78 is 6.97. The van der Waals surface area contributed by atoms with E-state index in [4.69, 9.17) is 9.84 Å². The Morgan fingerprint density at radius 1 is 1.44 bits per heavy atom. The molecule has 1 fully saturated rings. The molecule has 1 saturated heterocycles. The van der Waals surface area contributed by atoms with Crippen LogP contribution >= 0.6 is 15.9 Å². The number of aryl methyl sites for hydroxylation is 2. The maximum absolute atomic E-state index is 10.9. The first kappa shape index (κ1) is 13.4. The van der Waals surface area contributed by atoms with E-state index < -0.39 is 11.6 Å². The smallest absolute Gasteiger partial charge is 0.307 e. The number of aliphatic carboxylic acids is 1. The molecule has 0 aromatic heterocycles. The summed E-state index contributed by atoms with van der Waals surface area (Å²) >= 11 is 3.50. The van der Waals surface area contributed by atoms with Crippen molar-refractivity contribution in [3.63, 3.8) is 0 Å². The fourth-order valence-corrected chi connectivity index (χ4v) is 2.36. The highest BCUT2D eigenvalue weighted by atomic mass is 79.9. The predicted molar refractivity (Wildman–Crippen MR) is 72.1 cm³/mol. The van der Waals surface area contributed by atoms with E-state index in [1.807, 2.05) is 26.0 Å². The average molecular weight is 314 g/mol. The molecule has 0 unspecified atom stereocenters. The lowest BCUT2D eigenvalue weighted by Crippen LogP contribution is -2.64. The van der Waals surface area contributed by atoms with Gasteiger partial charge in [0.15, 0.2) is 0 Å². The van der Waals surface area contributed by atoms with Gasteiger partial charge >= 0.3 is 5.97 Å². The molecule has 98 valence electrons. The summed E-state index contributed by atoms with van der Waals surface area (Å²) in [7, 11) is 0. The summed E-state index contributed by atoms with van der Waals surface area (Å²) in [5.74, 6) is -0.0991. The monoisotopic (exact) mass is 313 g/mol. The summed E-state index contributed by atoms with van der Waals surface area (Å²) in [4.78, 5) is 10.9. The van der Waals surface area contributed by atoms with E-state index in [1.54, 1.807) is 0 Å². The molecule has 1 heterocycles. The van der Waals surface area contributed by atoms with Gasteiger partial charge in [-0.05, 0) is 37.1 Å². The van der Waals surface area contributed by atoms with Crippen molar-refractivity contribution in [2.75, 3.05) is 13.1 Å². The van der Waals surface area contributed by atoms with Gasteiger partial charge in [-0.15, -0.1) is 0 Å². The van der Waals surface area contributed by atoms with Crippen LogP contribution in [0.3, 0.4) is 0 Å². The first-order chi connectivity index (χ1) is 8.42. The Kier molecular flexibility index (Phi) is 3.64. The Bertz CT molecular complexity index is 460. The molecule has 0 aliphatic carbocycles. The molecule has 2 N–H and O–H groups in total. The van der Waals surface area contributed by atoms with Gasteiger partial charge in [0.2, 0.25) is 0 Å². The number of hydrogen-bond acceptors (Lipinski definition) is 3. The molecule has 5 heteroatoms. The maximum Gasteiger partial charge on any atom is 0.307 e. The standard InChI is InChI=1S/C13H16BrNO3/c1-8-3-10(4-9(2)12(8)14)18-13(5-11(16)17)6-15-7-13/h3-4,15H,5-7H2,1-2H3,(H,16,17). The zero-order valence-electron chi connectivity index (χ0n) is 10.4. The first-order valence-corrected chi connectivity index (χ1v) is 6.59. The summed E-state index contributed by atoms with van der Waals surface area (Å²) in [6.07, 6.45) is 0.0220. The van der Waals surface area contributed by atoms with E-state index in [0.717, 1.165) is 21.3 Å². The second kappa shape index (κ2) is 4.90. The highest BCUT2D eigenvalue weighted by Crippen LogP contribution is 2.30. The summed E-state index contributed by atoms with van der Waals surface area (Å²) in [5.41, 5.74) is 1.57. The molecule has 2 rings (SSSR count). The largest absolute Gasteiger partial charge is 0.484 e. The topological polar surface area (TPSA) is 58.6 Å². The predicted octanol–water partition coefficient (Wildman–Crippen LogP) is 2.26. The zero-order valence-corrected chi connectivity index (χ0v) is 12.0. The summed E-state index contributed by atoms with van der Waals surface area (Å²) in [6, 6.07) is 3.86. The van der Waals surface area contributed by atoms with Gasteiger partial charge in [-0.3, -0.25) is 4.79 Å². The molecule has 1 aromatic carbocycles. The van der Waals surface area contributed by atoms with Crippen LogP contribution in [0, 0.1) is 13.8 Å². The molecule has 0 atom stereocenters. The third-order valence-corrected chi connectivity index (χ3v) is 4.36. The second-order valence-electron chi connectivity index (χ2n) is 4.83. The van der Waals surface area contributed by atoms with Crippen molar-refractivity contribution < 1.29 is 14.6 Å². The summed E-state index contributed by atoms with van der Waals surface area (Å²) in [6.45, 7) is 5.14. The van der Waals surface area contributed by atoms with Crippen LogP contribution < -0.4 is 10.1 Å². The van der Waals surface area contributed by atoms with E-state index >= 15 is 0 Å². The Morgan fingerprint density at radius 2 is 2.00 bits per heavy atom. The molecular weight excluding hydrogens is 298 g/mol. The van der Waals surface area contributed by atoms with Gasteiger partial charge in [0.05, 0.1) is 6.42 Å². The minimum Gasteiger partial charge on any atom is -0.484 e. The van der Waals surface area contributed by atoms with Crippen LogP contribution in [-0.2, 0) is 4.79 Å². The highest BCUT2D eigenvalue weighted by Gasteiger charge is 2.41. The molecule has 0 saturated carbocycles. The van der Waals surface area contributed by atoms with Crippen molar-refractivity contribution in [3.05, 3.63) is 27.7 Å². The number of ether oxygens (including phenoxy) is 1. The molecule has 1 aromatic rings. The molecular formula is C13H16BrNO3. The van der Waals surface area contributed by atoms with E-state index in [9.17, 15) is 4.79 Å². The SMILES string of the molecule is Cc1cc(OC2(CC(=O)O)CNC2)cc(C)c1Br. The number of carbonyl (C=O) groups is 1. The van der Waals surface area contributed by atoms with Crippen LogP contribution in [-0.4, -0.2) is 29.8 Å². The van der Waals surface area contributed by atoms with E-state index in [1.165, 1.54) is 0 Å². The van der Waals surface area contributed by atoms with Crippen LogP contribution in [0.25, 0.3) is 0 Å². The number of benzene rings is 1. The Balaban J connectivity index is 2.20. The van der Waals surface area contributed by atoms with Gasteiger partial charge < -0.3 is 15.2 Å². The Morgan fingerprint density at radius 3 is 2.39 bits per heavy atom.